The summed E-state index contributed by atoms with van der Waals surface area (Å²) in [5, 5.41) is 3.20. The fourth-order valence-electron chi connectivity index (χ4n) is 2.10. The van der Waals surface area contributed by atoms with Crippen LogP contribution in [0.4, 0.5) is 0 Å². The molecule has 0 aliphatic heterocycles. The summed E-state index contributed by atoms with van der Waals surface area (Å²) in [5.41, 5.74) is 0.618. The first-order valence-electron chi connectivity index (χ1n) is 8.97. The Labute approximate surface area is 156 Å². The minimum absolute atomic E-state index is 0.205. The van der Waals surface area contributed by atoms with Gasteiger partial charge in [-0.25, -0.2) is 0 Å². The van der Waals surface area contributed by atoms with Crippen molar-refractivity contribution < 1.29 is 23.8 Å². The van der Waals surface area contributed by atoms with E-state index in [0.29, 0.717) is 18.4 Å². The van der Waals surface area contributed by atoms with Crippen LogP contribution in [0.3, 0.4) is 0 Å². The Morgan fingerprint density at radius 2 is 2.00 bits per heavy atom. The molecule has 7 nitrogen and oxygen atoms in total. The second-order valence-electron chi connectivity index (χ2n) is 5.50. The Bertz CT molecular complexity index is 486. The van der Waals surface area contributed by atoms with Crippen LogP contribution in [-0.2, 0) is 23.8 Å². The first kappa shape index (κ1) is 23.9. The zero-order valence-electron chi connectivity index (χ0n) is 16.3. The van der Waals surface area contributed by atoms with E-state index in [1.165, 1.54) is 14.2 Å². The van der Waals surface area contributed by atoms with Crippen LogP contribution < -0.4 is 5.32 Å². The molecule has 0 saturated carbocycles. The molecule has 0 bridgehead atoms. The third-order valence-corrected chi connectivity index (χ3v) is 3.53. The third kappa shape index (κ3) is 11.4. The Hall–Kier alpha value is -2.15. The molecule has 0 aromatic rings. The van der Waals surface area contributed by atoms with Gasteiger partial charge in [0.15, 0.2) is 0 Å². The summed E-state index contributed by atoms with van der Waals surface area (Å²) in [6.07, 6.45) is 9.60. The predicted molar refractivity (Wildman–Crippen MR) is 102 cm³/mol. The molecule has 0 spiro atoms. The number of carbonyl (C=O) groups excluding carboxylic acids is 2. The van der Waals surface area contributed by atoms with E-state index in [2.05, 4.69) is 28.9 Å². The minimum Gasteiger partial charge on any atom is -0.480 e. The summed E-state index contributed by atoms with van der Waals surface area (Å²) in [6.45, 7) is 5.68. The van der Waals surface area contributed by atoms with Crippen LogP contribution in [0.15, 0.2) is 28.9 Å². The highest BCUT2D eigenvalue weighted by molar-refractivity contribution is 5.99. The molecular weight excluding hydrogens is 336 g/mol. The van der Waals surface area contributed by atoms with Crippen LogP contribution in [0.25, 0.3) is 0 Å². The number of aliphatic imine (C=N–C) groups is 1. The smallest absolute Gasteiger partial charge is 0.305 e. The molecule has 1 amide bonds. The van der Waals surface area contributed by atoms with Crippen LogP contribution >= 0.6 is 0 Å². The standard InChI is InChI=1S/C19H32N2O5/c1-5-13-26-17(6-2)11-12-20-14-16(19(25-4)21-15-22)9-7-8-10-18(23)24-3/h7,9,14-15,17,20H,5-6,8,10-13H2,1-4H3/b9-7+,16-14-,21-19+/t17-/m1/s1. The number of nitrogens with zero attached hydrogens (tertiary/aromatic N) is 1. The van der Waals surface area contributed by atoms with E-state index in [1.807, 2.05) is 6.08 Å². The molecule has 7 heteroatoms. The van der Waals surface area contributed by atoms with Crippen LogP contribution in [-0.4, -0.2) is 51.8 Å². The topological polar surface area (TPSA) is 86.2 Å². The quantitative estimate of drug-likeness (QED) is 0.127. The molecule has 1 N–H and O–H groups in total. The van der Waals surface area contributed by atoms with Crippen LogP contribution in [0, 0.1) is 0 Å². The van der Waals surface area contributed by atoms with Crippen molar-refractivity contribution >= 4 is 18.3 Å². The van der Waals surface area contributed by atoms with Gasteiger partial charge in [-0.2, -0.15) is 4.99 Å². The number of allylic oxidation sites excluding steroid dienone is 1. The second kappa shape index (κ2) is 16.3. The van der Waals surface area contributed by atoms with Gasteiger partial charge in [0, 0.05) is 25.8 Å². The first-order chi connectivity index (χ1) is 12.6. The lowest BCUT2D eigenvalue weighted by Crippen LogP contribution is -2.20. The van der Waals surface area contributed by atoms with E-state index < -0.39 is 0 Å². The van der Waals surface area contributed by atoms with Crippen molar-refractivity contribution in [3.05, 3.63) is 23.9 Å². The summed E-state index contributed by atoms with van der Waals surface area (Å²) in [6, 6.07) is 0. The number of hydrogen-bond donors (Lipinski definition) is 1. The van der Waals surface area contributed by atoms with Crippen molar-refractivity contribution in [1.29, 1.82) is 0 Å². The van der Waals surface area contributed by atoms with Crippen molar-refractivity contribution in [3.63, 3.8) is 0 Å². The van der Waals surface area contributed by atoms with Crippen molar-refractivity contribution in [1.82, 2.24) is 5.32 Å². The Kier molecular flexibility index (Phi) is 15.0. The average Bonchev–Trinajstić information content (AvgIpc) is 2.66. The van der Waals surface area contributed by atoms with Crippen molar-refractivity contribution in [2.45, 2.75) is 52.1 Å². The molecule has 0 rings (SSSR count). The SMILES string of the molecule is CCCO[C@H](CC)CCN/C=C(/C=C/CCC(=O)OC)C(=N/C=O)\OC. The molecule has 0 heterocycles. The number of nitrogens with one attached hydrogen (secondary N) is 1. The minimum atomic E-state index is -0.274. The van der Waals surface area contributed by atoms with Crippen molar-refractivity contribution in [2.24, 2.45) is 4.99 Å². The first-order valence-corrected chi connectivity index (χ1v) is 8.97. The van der Waals surface area contributed by atoms with Gasteiger partial charge in [0.1, 0.15) is 0 Å². The van der Waals surface area contributed by atoms with Gasteiger partial charge in [-0.05, 0) is 25.7 Å². The van der Waals surface area contributed by atoms with Gasteiger partial charge in [-0.15, -0.1) is 0 Å². The number of ether oxygens (including phenoxy) is 3. The van der Waals surface area contributed by atoms with Gasteiger partial charge >= 0.3 is 5.97 Å². The molecular formula is C19H32N2O5. The van der Waals surface area contributed by atoms with Crippen LogP contribution in [0.2, 0.25) is 0 Å². The third-order valence-electron chi connectivity index (χ3n) is 3.53. The number of carbonyl (C=O) groups is 2. The fraction of sp³-hybridized carbons (Fsp3) is 0.632. The number of hydrogen-bond acceptors (Lipinski definition) is 6. The van der Waals surface area contributed by atoms with Gasteiger partial charge in [0.2, 0.25) is 12.3 Å². The number of rotatable bonds is 14. The molecule has 0 aromatic heterocycles. The molecule has 0 fully saturated rings. The van der Waals surface area contributed by atoms with Gasteiger partial charge < -0.3 is 19.5 Å². The summed E-state index contributed by atoms with van der Waals surface area (Å²) in [4.78, 5) is 25.5. The normalized spacial score (nSPS) is 13.5. The van der Waals surface area contributed by atoms with E-state index >= 15 is 0 Å². The molecule has 0 radical (unpaired) electrons. The lowest BCUT2D eigenvalue weighted by atomic mass is 10.2. The monoisotopic (exact) mass is 368 g/mol. The maximum Gasteiger partial charge on any atom is 0.305 e. The number of esters is 1. The summed E-state index contributed by atoms with van der Waals surface area (Å²) in [7, 11) is 2.80. The molecule has 26 heavy (non-hydrogen) atoms. The van der Waals surface area contributed by atoms with E-state index in [9.17, 15) is 9.59 Å². The van der Waals surface area contributed by atoms with E-state index in [4.69, 9.17) is 9.47 Å². The molecule has 1 atom stereocenters. The number of amides is 1. The van der Waals surface area contributed by atoms with Crippen molar-refractivity contribution in [2.75, 3.05) is 27.4 Å². The Balaban J connectivity index is 4.75. The van der Waals surface area contributed by atoms with E-state index in [0.717, 1.165) is 32.4 Å². The Morgan fingerprint density at radius 3 is 2.58 bits per heavy atom. The van der Waals surface area contributed by atoms with E-state index in [-0.39, 0.29) is 24.4 Å². The van der Waals surface area contributed by atoms with Crippen molar-refractivity contribution in [3.8, 4) is 0 Å². The van der Waals surface area contributed by atoms with E-state index in [1.54, 1.807) is 12.3 Å². The predicted octanol–water partition coefficient (Wildman–Crippen LogP) is 2.77. The fourth-order valence-corrected chi connectivity index (χ4v) is 2.10. The molecule has 0 saturated heterocycles. The maximum atomic E-state index is 11.1. The summed E-state index contributed by atoms with van der Waals surface area (Å²) >= 11 is 0. The Morgan fingerprint density at radius 1 is 1.23 bits per heavy atom. The zero-order chi connectivity index (χ0) is 19.6. The second-order valence-corrected chi connectivity index (χ2v) is 5.50. The summed E-state index contributed by atoms with van der Waals surface area (Å²) < 4.78 is 15.5. The lowest BCUT2D eigenvalue weighted by molar-refractivity contribution is -0.140. The van der Waals surface area contributed by atoms with Gasteiger partial charge in [-0.3, -0.25) is 9.59 Å². The lowest BCUT2D eigenvalue weighted by Gasteiger charge is -2.15. The highest BCUT2D eigenvalue weighted by atomic mass is 16.5. The molecule has 0 unspecified atom stereocenters. The van der Waals surface area contributed by atoms with Gasteiger partial charge in [0.05, 0.1) is 25.9 Å². The maximum absolute atomic E-state index is 11.1. The largest absolute Gasteiger partial charge is 0.480 e. The van der Waals surface area contributed by atoms with Crippen LogP contribution in [0.5, 0.6) is 0 Å². The van der Waals surface area contributed by atoms with Gasteiger partial charge in [0.25, 0.3) is 0 Å². The highest BCUT2D eigenvalue weighted by Crippen LogP contribution is 2.06. The zero-order valence-corrected chi connectivity index (χ0v) is 16.3. The molecule has 0 aliphatic carbocycles. The molecule has 148 valence electrons. The summed E-state index contributed by atoms with van der Waals surface area (Å²) in [5.74, 6) is -0.0689. The highest BCUT2D eigenvalue weighted by Gasteiger charge is 2.07. The van der Waals surface area contributed by atoms with Gasteiger partial charge in [-0.1, -0.05) is 26.0 Å². The molecule has 0 aliphatic rings. The molecule has 0 aromatic carbocycles. The van der Waals surface area contributed by atoms with Crippen LogP contribution in [0.1, 0.15) is 46.0 Å². The average molecular weight is 368 g/mol. The number of methoxy groups -OCH3 is 2.